The molecule has 110 valence electrons. The number of methoxy groups -OCH3 is 1. The quantitative estimate of drug-likeness (QED) is 0.758. The van der Waals surface area contributed by atoms with Crippen LogP contribution in [0.25, 0.3) is 0 Å². The van der Waals surface area contributed by atoms with Crippen LogP contribution in [-0.2, 0) is 24.2 Å². The van der Waals surface area contributed by atoms with Gasteiger partial charge in [-0.25, -0.2) is 9.97 Å². The summed E-state index contributed by atoms with van der Waals surface area (Å²) in [7, 11) is 1.65. The predicted octanol–water partition coefficient (Wildman–Crippen LogP) is 4.31. The van der Waals surface area contributed by atoms with Gasteiger partial charge in [-0.15, -0.1) is 0 Å². The fourth-order valence-electron chi connectivity index (χ4n) is 2.81. The molecule has 0 aliphatic heterocycles. The van der Waals surface area contributed by atoms with Crippen LogP contribution in [-0.4, -0.2) is 17.1 Å². The lowest BCUT2D eigenvalue weighted by atomic mass is 9.83. The first-order valence-electron chi connectivity index (χ1n) is 6.96. The van der Waals surface area contributed by atoms with E-state index in [1.165, 1.54) is 11.1 Å². The number of fused-ring (bicyclic) bond motifs is 1. The van der Waals surface area contributed by atoms with Crippen molar-refractivity contribution < 1.29 is 4.74 Å². The van der Waals surface area contributed by atoms with Crippen molar-refractivity contribution in [3.8, 4) is 0 Å². The van der Waals surface area contributed by atoms with E-state index in [0.29, 0.717) is 17.7 Å². The lowest BCUT2D eigenvalue weighted by Crippen LogP contribution is -2.16. The maximum atomic E-state index is 6.22. The van der Waals surface area contributed by atoms with E-state index < -0.39 is 0 Å². The fourth-order valence-corrected chi connectivity index (χ4v) is 3.30. The van der Waals surface area contributed by atoms with Gasteiger partial charge in [-0.1, -0.05) is 35.9 Å². The molecule has 1 aliphatic rings. The van der Waals surface area contributed by atoms with Gasteiger partial charge in [0.05, 0.1) is 16.8 Å². The average Bonchev–Trinajstić information content (AvgIpc) is 2.51. The Morgan fingerprint density at radius 3 is 2.81 bits per heavy atom. The zero-order valence-electron chi connectivity index (χ0n) is 11.8. The number of aromatic nitrogens is 2. The number of aryl methyl sites for hydroxylation is 1. The highest BCUT2D eigenvalue weighted by molar-refractivity contribution is 9.10. The molecule has 0 saturated heterocycles. The molecule has 3 rings (SSSR count). The van der Waals surface area contributed by atoms with Crippen LogP contribution < -0.4 is 0 Å². The van der Waals surface area contributed by atoms with Gasteiger partial charge in [0.2, 0.25) is 0 Å². The molecule has 0 saturated carbocycles. The first kappa shape index (κ1) is 14.9. The smallest absolute Gasteiger partial charge is 0.147 e. The summed E-state index contributed by atoms with van der Waals surface area (Å²) in [5.41, 5.74) is 3.64. The summed E-state index contributed by atoms with van der Waals surface area (Å²) >= 11 is 9.65. The molecule has 1 aliphatic carbocycles. The van der Waals surface area contributed by atoms with Gasteiger partial charge in [-0.3, -0.25) is 0 Å². The Morgan fingerprint density at radius 1 is 1.29 bits per heavy atom. The molecular weight excluding hydrogens is 352 g/mol. The fraction of sp³-hybridized carbons (Fsp3) is 0.375. The Bertz CT molecular complexity index is 663. The highest BCUT2D eigenvalue weighted by Gasteiger charge is 2.23. The minimum Gasteiger partial charge on any atom is -0.378 e. The number of halogens is 2. The summed E-state index contributed by atoms with van der Waals surface area (Å²) in [6.45, 7) is 0.430. The molecule has 1 unspecified atom stereocenters. The van der Waals surface area contributed by atoms with Gasteiger partial charge in [-0.05, 0) is 46.3 Å². The van der Waals surface area contributed by atoms with Crippen molar-refractivity contribution in [1.29, 1.82) is 0 Å². The lowest BCUT2D eigenvalue weighted by Gasteiger charge is -2.24. The second kappa shape index (κ2) is 6.42. The number of benzene rings is 1. The zero-order valence-corrected chi connectivity index (χ0v) is 14.1. The van der Waals surface area contributed by atoms with Crippen molar-refractivity contribution in [2.75, 3.05) is 7.11 Å². The van der Waals surface area contributed by atoms with Gasteiger partial charge in [0, 0.05) is 13.0 Å². The molecule has 5 heteroatoms. The van der Waals surface area contributed by atoms with Crippen molar-refractivity contribution in [3.63, 3.8) is 0 Å². The van der Waals surface area contributed by atoms with E-state index in [-0.39, 0.29) is 0 Å². The summed E-state index contributed by atoms with van der Waals surface area (Å²) in [5, 5.41) is 0.464. The second-order valence-electron chi connectivity index (χ2n) is 5.27. The number of nitrogens with zero attached hydrogens (tertiary/aromatic N) is 2. The van der Waals surface area contributed by atoms with Gasteiger partial charge in [0.1, 0.15) is 11.0 Å². The van der Waals surface area contributed by atoms with Crippen LogP contribution in [0, 0.1) is 0 Å². The Hall–Kier alpha value is -0.970. The molecule has 1 atom stereocenters. The van der Waals surface area contributed by atoms with Crippen molar-refractivity contribution in [3.05, 3.63) is 56.5 Å². The first-order valence-corrected chi connectivity index (χ1v) is 8.13. The molecule has 0 N–H and O–H groups in total. The van der Waals surface area contributed by atoms with Crippen LogP contribution in [0.3, 0.4) is 0 Å². The van der Waals surface area contributed by atoms with Crippen molar-refractivity contribution in [1.82, 2.24) is 9.97 Å². The molecule has 1 aromatic heterocycles. The monoisotopic (exact) mass is 366 g/mol. The Labute approximate surface area is 137 Å². The Kier molecular flexibility index (Phi) is 4.57. The van der Waals surface area contributed by atoms with Crippen LogP contribution in [0.15, 0.2) is 28.7 Å². The summed E-state index contributed by atoms with van der Waals surface area (Å²) in [6, 6.07) is 8.59. The molecular formula is C16H16BrClN2O. The first-order chi connectivity index (χ1) is 10.2. The number of hydrogen-bond acceptors (Lipinski definition) is 3. The summed E-state index contributed by atoms with van der Waals surface area (Å²) in [5.74, 6) is 1.14. The molecule has 0 amide bonds. The van der Waals surface area contributed by atoms with Crippen molar-refractivity contribution in [2.45, 2.75) is 31.8 Å². The van der Waals surface area contributed by atoms with E-state index in [9.17, 15) is 0 Å². The van der Waals surface area contributed by atoms with Crippen LogP contribution >= 0.6 is 27.5 Å². The molecule has 0 fully saturated rings. The highest BCUT2D eigenvalue weighted by atomic mass is 79.9. The van der Waals surface area contributed by atoms with Gasteiger partial charge in [0.15, 0.2) is 0 Å². The normalized spacial score (nSPS) is 17.6. The van der Waals surface area contributed by atoms with Crippen LogP contribution in [0.1, 0.15) is 35.0 Å². The largest absolute Gasteiger partial charge is 0.378 e. The van der Waals surface area contributed by atoms with Crippen molar-refractivity contribution >= 4 is 27.5 Å². The standard InChI is InChI=1S/C16H16BrClN2O/c1-21-9-13-14(17)15(18)20-16(19-13)12-7-6-10-4-2-3-5-11(10)8-12/h2-5,12H,6-9H2,1H3. The van der Waals surface area contributed by atoms with E-state index in [0.717, 1.165) is 35.3 Å². The third kappa shape index (κ3) is 3.12. The third-order valence-electron chi connectivity index (χ3n) is 3.89. The Morgan fingerprint density at radius 2 is 2.05 bits per heavy atom. The molecule has 0 bridgehead atoms. The van der Waals surface area contributed by atoms with Crippen LogP contribution in [0.5, 0.6) is 0 Å². The SMILES string of the molecule is COCc1nc(C2CCc3ccccc3C2)nc(Cl)c1Br. The third-order valence-corrected chi connectivity index (χ3v) is 5.22. The van der Waals surface area contributed by atoms with E-state index in [1.54, 1.807) is 7.11 Å². The van der Waals surface area contributed by atoms with Crippen LogP contribution in [0.2, 0.25) is 5.15 Å². The minimum absolute atomic E-state index is 0.320. The van der Waals surface area contributed by atoms with Crippen LogP contribution in [0.4, 0.5) is 0 Å². The summed E-state index contributed by atoms with van der Waals surface area (Å²) in [4.78, 5) is 9.12. The highest BCUT2D eigenvalue weighted by Crippen LogP contribution is 2.33. The molecule has 21 heavy (non-hydrogen) atoms. The number of hydrogen-bond donors (Lipinski definition) is 0. The van der Waals surface area contributed by atoms with E-state index in [2.05, 4.69) is 50.2 Å². The molecule has 3 nitrogen and oxygen atoms in total. The minimum atomic E-state index is 0.320. The Balaban J connectivity index is 1.91. The predicted molar refractivity (Wildman–Crippen MR) is 86.7 cm³/mol. The lowest BCUT2D eigenvalue weighted by molar-refractivity contribution is 0.180. The van der Waals surface area contributed by atoms with Gasteiger partial charge in [-0.2, -0.15) is 0 Å². The van der Waals surface area contributed by atoms with E-state index in [1.807, 2.05) is 0 Å². The van der Waals surface area contributed by atoms with Gasteiger partial charge < -0.3 is 4.74 Å². The maximum Gasteiger partial charge on any atom is 0.147 e. The summed E-state index contributed by atoms with van der Waals surface area (Å²) in [6.07, 6.45) is 3.10. The molecule has 1 aromatic carbocycles. The maximum absolute atomic E-state index is 6.22. The number of rotatable bonds is 3. The average molecular weight is 368 g/mol. The number of ether oxygens (including phenoxy) is 1. The molecule has 2 aromatic rings. The van der Waals surface area contributed by atoms with Crippen molar-refractivity contribution in [2.24, 2.45) is 0 Å². The molecule has 0 spiro atoms. The summed E-state index contributed by atoms with van der Waals surface area (Å²) < 4.78 is 5.91. The zero-order chi connectivity index (χ0) is 14.8. The molecule has 0 radical (unpaired) electrons. The van der Waals surface area contributed by atoms with E-state index in [4.69, 9.17) is 16.3 Å². The van der Waals surface area contributed by atoms with Gasteiger partial charge in [0.25, 0.3) is 0 Å². The van der Waals surface area contributed by atoms with E-state index >= 15 is 0 Å². The topological polar surface area (TPSA) is 35.0 Å². The second-order valence-corrected chi connectivity index (χ2v) is 6.43. The van der Waals surface area contributed by atoms with Gasteiger partial charge >= 0.3 is 0 Å². The molecule has 1 heterocycles.